The lowest BCUT2D eigenvalue weighted by Crippen LogP contribution is -2.44. The lowest BCUT2D eigenvalue weighted by atomic mass is 9.93. The van der Waals surface area contributed by atoms with Crippen molar-refractivity contribution in [3.63, 3.8) is 0 Å². The van der Waals surface area contributed by atoms with Gasteiger partial charge in [-0.25, -0.2) is 4.98 Å². The highest BCUT2D eigenvalue weighted by molar-refractivity contribution is 5.85. The number of aryl methyl sites for hydroxylation is 5. The summed E-state index contributed by atoms with van der Waals surface area (Å²) >= 11 is 0. The van der Waals surface area contributed by atoms with Crippen LogP contribution in [-0.4, -0.2) is 40.9 Å². The zero-order chi connectivity index (χ0) is 21.6. The molecule has 0 spiro atoms. The average molecular weight is 407 g/mol. The van der Waals surface area contributed by atoms with Gasteiger partial charge in [-0.1, -0.05) is 24.6 Å². The second-order valence-electron chi connectivity index (χ2n) is 8.81. The molecule has 0 saturated heterocycles. The molecule has 0 aliphatic carbocycles. The van der Waals surface area contributed by atoms with Crippen LogP contribution < -0.4 is 4.90 Å². The van der Waals surface area contributed by atoms with E-state index < -0.39 is 0 Å². The molecular weight excluding hydrogens is 372 g/mol. The van der Waals surface area contributed by atoms with E-state index in [0.717, 1.165) is 49.4 Å². The van der Waals surface area contributed by atoms with Crippen molar-refractivity contribution in [2.45, 2.75) is 66.8 Å². The van der Waals surface area contributed by atoms with Gasteiger partial charge in [-0.3, -0.25) is 0 Å². The van der Waals surface area contributed by atoms with E-state index in [9.17, 15) is 0 Å². The van der Waals surface area contributed by atoms with Crippen molar-refractivity contribution in [2.24, 2.45) is 0 Å². The molecule has 1 unspecified atom stereocenters. The number of ether oxygens (including phenoxy) is 1. The maximum absolute atomic E-state index is 5.57. The Labute approximate surface area is 180 Å². The van der Waals surface area contributed by atoms with Crippen molar-refractivity contribution in [1.82, 2.24) is 14.6 Å². The van der Waals surface area contributed by atoms with Crippen LogP contribution in [0.2, 0.25) is 0 Å². The second kappa shape index (κ2) is 8.03. The predicted molar refractivity (Wildman–Crippen MR) is 124 cm³/mol. The molecule has 0 N–H and O–H groups in total. The fraction of sp³-hybridized carbons (Fsp3) is 0.520. The summed E-state index contributed by atoms with van der Waals surface area (Å²) in [6, 6.07) is 4.89. The molecule has 1 atom stereocenters. The van der Waals surface area contributed by atoms with Gasteiger partial charge in [0.2, 0.25) is 0 Å². The van der Waals surface area contributed by atoms with Crippen LogP contribution >= 0.6 is 0 Å². The third-order valence-corrected chi connectivity index (χ3v) is 6.41. The molecule has 5 nitrogen and oxygen atoms in total. The standard InChI is InChI=1S/C25H34N4O/c1-8-11-28-20(14-30-7)9-10-21-18(5)26-24-23(19(6)27-29(24)25(21)28)22-16(3)12-15(2)13-17(22)4/h12-13,20H,8-11,14H2,1-7H3. The van der Waals surface area contributed by atoms with Crippen LogP contribution in [-0.2, 0) is 11.2 Å². The molecule has 2 aromatic heterocycles. The van der Waals surface area contributed by atoms with Crippen LogP contribution in [0.5, 0.6) is 0 Å². The van der Waals surface area contributed by atoms with Gasteiger partial charge in [-0.05, 0) is 70.6 Å². The van der Waals surface area contributed by atoms with Gasteiger partial charge >= 0.3 is 0 Å². The van der Waals surface area contributed by atoms with E-state index in [1.54, 1.807) is 7.11 Å². The van der Waals surface area contributed by atoms with Gasteiger partial charge in [0.05, 0.1) is 23.9 Å². The summed E-state index contributed by atoms with van der Waals surface area (Å²) in [6.07, 6.45) is 3.21. The molecule has 30 heavy (non-hydrogen) atoms. The molecule has 1 aromatic carbocycles. The number of hydrogen-bond donors (Lipinski definition) is 0. The fourth-order valence-electron chi connectivity index (χ4n) is 5.27. The highest BCUT2D eigenvalue weighted by atomic mass is 16.5. The lowest BCUT2D eigenvalue weighted by molar-refractivity contribution is 0.170. The van der Waals surface area contributed by atoms with E-state index in [2.05, 4.69) is 63.1 Å². The summed E-state index contributed by atoms with van der Waals surface area (Å²) in [6.45, 7) is 14.8. The molecule has 3 heterocycles. The summed E-state index contributed by atoms with van der Waals surface area (Å²) in [5.74, 6) is 1.21. The number of fused-ring (bicyclic) bond motifs is 3. The minimum atomic E-state index is 0.378. The second-order valence-corrected chi connectivity index (χ2v) is 8.81. The van der Waals surface area contributed by atoms with Gasteiger partial charge in [-0.15, -0.1) is 0 Å². The molecule has 1 aliphatic rings. The van der Waals surface area contributed by atoms with Crippen LogP contribution in [0, 0.1) is 34.6 Å². The molecule has 0 bridgehead atoms. The largest absolute Gasteiger partial charge is 0.383 e. The fourth-order valence-corrected chi connectivity index (χ4v) is 5.27. The zero-order valence-electron chi connectivity index (χ0n) is 19.5. The highest BCUT2D eigenvalue weighted by Crippen LogP contribution is 2.39. The Bertz CT molecular complexity index is 1080. The molecule has 160 valence electrons. The van der Waals surface area contributed by atoms with Crippen LogP contribution in [0.15, 0.2) is 12.1 Å². The number of anilines is 1. The van der Waals surface area contributed by atoms with Crippen LogP contribution in [0.1, 0.15) is 53.4 Å². The number of benzene rings is 1. The van der Waals surface area contributed by atoms with Crippen molar-refractivity contribution in [3.8, 4) is 11.1 Å². The Balaban J connectivity index is 2.01. The van der Waals surface area contributed by atoms with Crippen molar-refractivity contribution in [3.05, 3.63) is 45.8 Å². The first-order valence-corrected chi connectivity index (χ1v) is 11.1. The monoisotopic (exact) mass is 406 g/mol. The maximum atomic E-state index is 5.57. The van der Waals surface area contributed by atoms with Gasteiger partial charge in [0, 0.05) is 24.9 Å². The molecule has 0 radical (unpaired) electrons. The summed E-state index contributed by atoms with van der Waals surface area (Å²) in [7, 11) is 1.80. The van der Waals surface area contributed by atoms with E-state index in [-0.39, 0.29) is 0 Å². The number of aromatic nitrogens is 3. The number of rotatable bonds is 5. The molecule has 0 amide bonds. The van der Waals surface area contributed by atoms with E-state index in [4.69, 9.17) is 14.8 Å². The maximum Gasteiger partial charge on any atom is 0.165 e. The molecule has 0 fully saturated rings. The topological polar surface area (TPSA) is 42.7 Å². The Hall–Kier alpha value is -2.40. The predicted octanol–water partition coefficient (Wildman–Crippen LogP) is 5.12. The molecule has 1 aliphatic heterocycles. The number of nitrogens with zero attached hydrogens (tertiary/aromatic N) is 4. The SMILES string of the molecule is CCCN1c2c(c(C)nc3c(-c4c(C)cc(C)cc4C)c(C)nn23)CCC1COC. The van der Waals surface area contributed by atoms with Gasteiger partial charge in [0.25, 0.3) is 0 Å². The minimum absolute atomic E-state index is 0.378. The molecule has 4 rings (SSSR count). The van der Waals surface area contributed by atoms with Crippen molar-refractivity contribution < 1.29 is 4.74 Å². The van der Waals surface area contributed by atoms with Gasteiger partial charge in [-0.2, -0.15) is 9.61 Å². The van der Waals surface area contributed by atoms with Gasteiger partial charge in [0.1, 0.15) is 5.82 Å². The molecular formula is C25H34N4O. The summed E-state index contributed by atoms with van der Waals surface area (Å²) in [4.78, 5) is 7.61. The third kappa shape index (κ3) is 3.29. The van der Waals surface area contributed by atoms with E-state index >= 15 is 0 Å². The minimum Gasteiger partial charge on any atom is -0.383 e. The van der Waals surface area contributed by atoms with Crippen LogP contribution in [0.25, 0.3) is 16.8 Å². The van der Waals surface area contributed by atoms with Crippen molar-refractivity contribution in [1.29, 1.82) is 0 Å². The summed E-state index contributed by atoms with van der Waals surface area (Å²) in [5.41, 5.74) is 10.8. The normalized spacial score (nSPS) is 16.4. The van der Waals surface area contributed by atoms with E-state index in [1.807, 2.05) is 0 Å². The summed E-state index contributed by atoms with van der Waals surface area (Å²) < 4.78 is 7.68. The van der Waals surface area contributed by atoms with Crippen molar-refractivity contribution in [2.75, 3.05) is 25.2 Å². The molecule has 5 heteroatoms. The van der Waals surface area contributed by atoms with Crippen molar-refractivity contribution >= 4 is 11.5 Å². The average Bonchev–Trinajstić information content (AvgIpc) is 2.99. The van der Waals surface area contributed by atoms with Gasteiger partial charge < -0.3 is 9.64 Å². The molecule has 3 aromatic rings. The zero-order valence-corrected chi connectivity index (χ0v) is 19.5. The Morgan fingerprint density at radius 1 is 1.03 bits per heavy atom. The Kier molecular flexibility index (Phi) is 5.58. The lowest BCUT2D eigenvalue weighted by Gasteiger charge is -2.38. The quantitative estimate of drug-likeness (QED) is 0.590. The number of hydrogen-bond acceptors (Lipinski definition) is 4. The van der Waals surface area contributed by atoms with E-state index in [1.165, 1.54) is 39.2 Å². The highest BCUT2D eigenvalue weighted by Gasteiger charge is 2.31. The first-order chi connectivity index (χ1) is 14.4. The van der Waals surface area contributed by atoms with Gasteiger partial charge in [0.15, 0.2) is 5.65 Å². The first kappa shape index (κ1) is 20.9. The summed E-state index contributed by atoms with van der Waals surface area (Å²) in [5, 5.41) is 5.05. The van der Waals surface area contributed by atoms with Crippen LogP contribution in [0.4, 0.5) is 5.82 Å². The Morgan fingerprint density at radius 2 is 1.73 bits per heavy atom. The molecule has 0 saturated carbocycles. The smallest absolute Gasteiger partial charge is 0.165 e. The third-order valence-electron chi connectivity index (χ3n) is 6.41. The first-order valence-electron chi connectivity index (χ1n) is 11.1. The van der Waals surface area contributed by atoms with E-state index in [0.29, 0.717) is 6.04 Å². The Morgan fingerprint density at radius 3 is 2.37 bits per heavy atom. The number of methoxy groups -OCH3 is 1. The van der Waals surface area contributed by atoms with Crippen LogP contribution in [0.3, 0.4) is 0 Å².